The molecular weight excluding hydrogens is 376 g/mol. The van der Waals surface area contributed by atoms with Gasteiger partial charge in [0.25, 0.3) is 0 Å². The van der Waals surface area contributed by atoms with E-state index in [2.05, 4.69) is 12.1 Å². The van der Waals surface area contributed by atoms with E-state index in [-0.39, 0.29) is 39.6 Å². The smallest absolute Gasteiger partial charge is 0.138 e. The SMILES string of the molecule is OCCCOCC(COCCCO)(COCCCO)OCCCc1ccccc1. The Labute approximate surface area is 174 Å². The number of rotatable bonds is 20. The van der Waals surface area contributed by atoms with E-state index in [0.717, 1.165) is 12.8 Å². The maximum absolute atomic E-state index is 8.97. The lowest BCUT2D eigenvalue weighted by Gasteiger charge is -2.33. The van der Waals surface area contributed by atoms with Crippen molar-refractivity contribution >= 4 is 0 Å². The molecule has 0 atom stereocenters. The molecule has 7 nitrogen and oxygen atoms in total. The lowest BCUT2D eigenvalue weighted by molar-refractivity contribution is -0.168. The quantitative estimate of drug-likeness (QED) is 0.279. The van der Waals surface area contributed by atoms with Crippen LogP contribution < -0.4 is 0 Å². The van der Waals surface area contributed by atoms with Gasteiger partial charge >= 0.3 is 0 Å². The molecule has 3 N–H and O–H groups in total. The Morgan fingerprint density at radius 3 is 1.55 bits per heavy atom. The highest BCUT2D eigenvalue weighted by atomic mass is 16.6. The van der Waals surface area contributed by atoms with Crippen LogP contribution in [0.4, 0.5) is 0 Å². The Morgan fingerprint density at radius 1 is 0.621 bits per heavy atom. The molecule has 0 heterocycles. The van der Waals surface area contributed by atoms with Crippen molar-refractivity contribution in [1.82, 2.24) is 0 Å². The lowest BCUT2D eigenvalue weighted by Crippen LogP contribution is -2.48. The van der Waals surface area contributed by atoms with E-state index in [0.29, 0.717) is 45.7 Å². The van der Waals surface area contributed by atoms with Crippen LogP contribution in [0.3, 0.4) is 0 Å². The van der Waals surface area contributed by atoms with Crippen LogP contribution in [0.25, 0.3) is 0 Å². The Bertz CT molecular complexity index is 438. The first-order valence-electron chi connectivity index (χ1n) is 10.5. The monoisotopic (exact) mass is 414 g/mol. The molecule has 0 aromatic heterocycles. The highest BCUT2D eigenvalue weighted by Crippen LogP contribution is 2.17. The summed E-state index contributed by atoms with van der Waals surface area (Å²) in [5, 5.41) is 26.9. The predicted molar refractivity (Wildman–Crippen MR) is 111 cm³/mol. The van der Waals surface area contributed by atoms with Crippen molar-refractivity contribution in [3.05, 3.63) is 35.9 Å². The van der Waals surface area contributed by atoms with Crippen molar-refractivity contribution in [2.75, 3.05) is 66.1 Å². The van der Waals surface area contributed by atoms with Crippen molar-refractivity contribution in [3.8, 4) is 0 Å². The Morgan fingerprint density at radius 2 is 1.10 bits per heavy atom. The molecule has 0 radical (unpaired) electrons. The summed E-state index contributed by atoms with van der Waals surface area (Å²) in [7, 11) is 0. The second-order valence-electron chi connectivity index (χ2n) is 7.01. The van der Waals surface area contributed by atoms with Crippen molar-refractivity contribution < 1.29 is 34.3 Å². The third kappa shape index (κ3) is 13.0. The van der Waals surface area contributed by atoms with Gasteiger partial charge in [-0.3, -0.25) is 0 Å². The minimum atomic E-state index is -0.767. The number of aliphatic hydroxyl groups excluding tert-OH is 3. The summed E-state index contributed by atoms with van der Waals surface area (Å²) in [4.78, 5) is 0. The van der Waals surface area contributed by atoms with Gasteiger partial charge < -0.3 is 34.3 Å². The standard InChI is InChI=1S/C22H38O7/c23-11-5-14-26-18-22(19-27-15-6-12-24,20-28-16-7-13-25)29-17-4-10-21-8-2-1-3-9-21/h1-3,8-9,23-25H,4-7,10-20H2. The summed E-state index contributed by atoms with van der Waals surface area (Å²) < 4.78 is 23.4. The van der Waals surface area contributed by atoms with Gasteiger partial charge in [-0.05, 0) is 37.7 Å². The Hall–Kier alpha value is -1.06. The maximum Gasteiger partial charge on any atom is 0.138 e. The molecule has 7 heteroatoms. The summed E-state index contributed by atoms with van der Waals surface area (Å²) in [6.07, 6.45) is 3.44. The van der Waals surface area contributed by atoms with E-state index in [1.807, 2.05) is 18.2 Å². The zero-order chi connectivity index (χ0) is 21.0. The number of hydrogen-bond acceptors (Lipinski definition) is 7. The van der Waals surface area contributed by atoms with Crippen LogP contribution in [-0.4, -0.2) is 87.0 Å². The first-order chi connectivity index (χ1) is 14.3. The van der Waals surface area contributed by atoms with Crippen LogP contribution in [0.5, 0.6) is 0 Å². The largest absolute Gasteiger partial charge is 0.396 e. The fourth-order valence-electron chi connectivity index (χ4n) is 2.73. The third-order valence-electron chi connectivity index (χ3n) is 4.30. The maximum atomic E-state index is 8.97. The summed E-state index contributed by atoms with van der Waals surface area (Å²) in [6, 6.07) is 10.3. The van der Waals surface area contributed by atoms with Gasteiger partial charge in [0.15, 0.2) is 0 Å². The number of ether oxygens (including phenoxy) is 4. The third-order valence-corrected chi connectivity index (χ3v) is 4.30. The van der Waals surface area contributed by atoms with Gasteiger partial charge in [0.1, 0.15) is 5.60 Å². The fourth-order valence-corrected chi connectivity index (χ4v) is 2.73. The molecule has 0 bridgehead atoms. The topological polar surface area (TPSA) is 97.6 Å². The van der Waals surface area contributed by atoms with Crippen LogP contribution in [0.15, 0.2) is 30.3 Å². The Kier molecular flexibility index (Phi) is 15.9. The first-order valence-corrected chi connectivity index (χ1v) is 10.5. The molecule has 0 fully saturated rings. The molecule has 0 aliphatic heterocycles. The number of aliphatic hydroxyl groups is 3. The van der Waals surface area contributed by atoms with Crippen LogP contribution in [0.2, 0.25) is 0 Å². The van der Waals surface area contributed by atoms with E-state index < -0.39 is 5.60 Å². The molecule has 29 heavy (non-hydrogen) atoms. The highest BCUT2D eigenvalue weighted by molar-refractivity contribution is 5.14. The van der Waals surface area contributed by atoms with Gasteiger partial charge in [0.05, 0.1) is 19.8 Å². The first kappa shape index (κ1) is 26.0. The van der Waals surface area contributed by atoms with Crippen molar-refractivity contribution in [2.45, 2.75) is 37.7 Å². The second kappa shape index (κ2) is 17.8. The minimum absolute atomic E-state index is 0.0743. The molecule has 0 aliphatic carbocycles. The molecule has 0 unspecified atom stereocenters. The van der Waals surface area contributed by atoms with Crippen molar-refractivity contribution in [3.63, 3.8) is 0 Å². The molecule has 0 spiro atoms. The molecule has 1 aromatic carbocycles. The van der Waals surface area contributed by atoms with E-state index >= 15 is 0 Å². The Balaban J connectivity index is 2.61. The van der Waals surface area contributed by atoms with Gasteiger partial charge in [0, 0.05) is 46.2 Å². The average Bonchev–Trinajstić information content (AvgIpc) is 2.75. The number of hydrogen-bond donors (Lipinski definition) is 3. The number of aryl methyl sites for hydroxylation is 1. The molecule has 0 aliphatic rings. The lowest BCUT2D eigenvalue weighted by atomic mass is 10.1. The number of benzene rings is 1. The van der Waals surface area contributed by atoms with Crippen molar-refractivity contribution in [1.29, 1.82) is 0 Å². The molecule has 168 valence electrons. The van der Waals surface area contributed by atoms with Gasteiger partial charge in [-0.2, -0.15) is 0 Å². The van der Waals surface area contributed by atoms with E-state index in [1.165, 1.54) is 5.56 Å². The molecule has 0 saturated heterocycles. The van der Waals surface area contributed by atoms with Gasteiger partial charge in [-0.15, -0.1) is 0 Å². The highest BCUT2D eigenvalue weighted by Gasteiger charge is 2.33. The van der Waals surface area contributed by atoms with E-state index in [1.54, 1.807) is 0 Å². The van der Waals surface area contributed by atoms with Gasteiger partial charge in [0.2, 0.25) is 0 Å². The summed E-state index contributed by atoms with van der Waals surface area (Å²) >= 11 is 0. The summed E-state index contributed by atoms with van der Waals surface area (Å²) in [6.45, 7) is 2.91. The van der Waals surface area contributed by atoms with Crippen LogP contribution >= 0.6 is 0 Å². The summed E-state index contributed by atoms with van der Waals surface area (Å²) in [5.41, 5.74) is 0.496. The molecule has 1 rings (SSSR count). The minimum Gasteiger partial charge on any atom is -0.396 e. The molecule has 0 amide bonds. The summed E-state index contributed by atoms with van der Waals surface area (Å²) in [5.74, 6) is 0. The van der Waals surface area contributed by atoms with E-state index in [4.69, 9.17) is 34.3 Å². The van der Waals surface area contributed by atoms with E-state index in [9.17, 15) is 0 Å². The molecule has 0 saturated carbocycles. The second-order valence-corrected chi connectivity index (χ2v) is 7.01. The molecular formula is C22H38O7. The van der Waals surface area contributed by atoms with Gasteiger partial charge in [-0.25, -0.2) is 0 Å². The normalized spacial score (nSPS) is 11.8. The average molecular weight is 415 g/mol. The predicted octanol–water partition coefficient (Wildman–Crippen LogP) is 1.57. The zero-order valence-corrected chi connectivity index (χ0v) is 17.5. The molecule has 1 aromatic rings. The van der Waals surface area contributed by atoms with Crippen LogP contribution in [-0.2, 0) is 25.4 Å². The van der Waals surface area contributed by atoms with Crippen LogP contribution in [0.1, 0.15) is 31.2 Å². The fraction of sp³-hybridized carbons (Fsp3) is 0.727. The van der Waals surface area contributed by atoms with Gasteiger partial charge in [-0.1, -0.05) is 30.3 Å². The van der Waals surface area contributed by atoms with Crippen LogP contribution in [0, 0.1) is 0 Å². The van der Waals surface area contributed by atoms with Crippen molar-refractivity contribution in [2.24, 2.45) is 0 Å². The zero-order valence-electron chi connectivity index (χ0n) is 17.5.